The van der Waals surface area contributed by atoms with Crippen LogP contribution in [0.3, 0.4) is 0 Å². The van der Waals surface area contributed by atoms with E-state index in [0.717, 1.165) is 25.7 Å². The Labute approximate surface area is 136 Å². The fourth-order valence-corrected chi connectivity index (χ4v) is 2.74. The zero-order valence-electron chi connectivity index (χ0n) is 13.9. The summed E-state index contributed by atoms with van der Waals surface area (Å²) in [4.78, 5) is 22.9. The molecule has 1 aliphatic rings. The van der Waals surface area contributed by atoms with E-state index in [1.54, 1.807) is 32.9 Å². The molecule has 6 heteroatoms. The topological polar surface area (TPSA) is 81.5 Å². The van der Waals surface area contributed by atoms with Crippen LogP contribution in [0, 0.1) is 10.1 Å². The molecule has 126 valence electrons. The fourth-order valence-electron chi connectivity index (χ4n) is 2.74. The van der Waals surface area contributed by atoms with E-state index in [2.05, 4.69) is 5.32 Å². The highest BCUT2D eigenvalue weighted by Crippen LogP contribution is 2.30. The molecule has 0 radical (unpaired) electrons. The third-order valence-electron chi connectivity index (χ3n) is 3.79. The van der Waals surface area contributed by atoms with Crippen LogP contribution in [0.2, 0.25) is 0 Å². The van der Waals surface area contributed by atoms with E-state index >= 15 is 0 Å². The minimum Gasteiger partial charge on any atom is -0.456 e. The highest BCUT2D eigenvalue weighted by Gasteiger charge is 2.23. The van der Waals surface area contributed by atoms with Crippen LogP contribution < -0.4 is 5.32 Å². The summed E-state index contributed by atoms with van der Waals surface area (Å²) >= 11 is 0. The minimum absolute atomic E-state index is 0.0843. The zero-order valence-corrected chi connectivity index (χ0v) is 13.9. The Morgan fingerprint density at radius 1 is 1.26 bits per heavy atom. The van der Waals surface area contributed by atoms with Crippen LogP contribution in [0.4, 0.5) is 11.4 Å². The third-order valence-corrected chi connectivity index (χ3v) is 3.79. The lowest BCUT2D eigenvalue weighted by Crippen LogP contribution is -2.24. The first-order valence-corrected chi connectivity index (χ1v) is 8.04. The number of nitro benzene ring substituents is 1. The molecule has 0 atom stereocenters. The summed E-state index contributed by atoms with van der Waals surface area (Å²) in [6.07, 6.45) is 5.54. The van der Waals surface area contributed by atoms with Gasteiger partial charge in [-0.15, -0.1) is 0 Å². The number of nitro groups is 1. The smallest absolute Gasteiger partial charge is 0.338 e. The van der Waals surface area contributed by atoms with Crippen molar-refractivity contribution in [2.24, 2.45) is 0 Å². The Bertz CT molecular complexity index is 587. The summed E-state index contributed by atoms with van der Waals surface area (Å²) in [7, 11) is 0. The Kier molecular flexibility index (Phi) is 5.23. The van der Waals surface area contributed by atoms with E-state index in [0.29, 0.717) is 5.69 Å². The van der Waals surface area contributed by atoms with Crippen LogP contribution in [0.5, 0.6) is 0 Å². The van der Waals surface area contributed by atoms with Gasteiger partial charge in [0, 0.05) is 12.1 Å². The monoisotopic (exact) mass is 320 g/mol. The number of hydrogen-bond acceptors (Lipinski definition) is 5. The quantitative estimate of drug-likeness (QED) is 0.508. The Balaban J connectivity index is 2.20. The number of nitrogens with one attached hydrogen (secondary N) is 1. The van der Waals surface area contributed by atoms with Gasteiger partial charge < -0.3 is 10.1 Å². The first-order chi connectivity index (χ1) is 10.8. The molecule has 0 spiro atoms. The van der Waals surface area contributed by atoms with E-state index in [-0.39, 0.29) is 17.3 Å². The van der Waals surface area contributed by atoms with Crippen LogP contribution in [0.25, 0.3) is 0 Å². The fraction of sp³-hybridized carbons (Fsp3) is 0.588. The average Bonchev–Trinajstić information content (AvgIpc) is 2.46. The van der Waals surface area contributed by atoms with Gasteiger partial charge in [0.2, 0.25) is 0 Å². The summed E-state index contributed by atoms with van der Waals surface area (Å²) in [6, 6.07) is 4.73. The lowest BCUT2D eigenvalue weighted by molar-refractivity contribution is -0.384. The molecule has 1 N–H and O–H groups in total. The Morgan fingerprint density at radius 3 is 2.48 bits per heavy atom. The summed E-state index contributed by atoms with van der Waals surface area (Å²) in [5, 5.41) is 14.6. The normalized spacial score (nSPS) is 16.0. The molecule has 0 aromatic heterocycles. The molecule has 1 aromatic rings. The van der Waals surface area contributed by atoms with Gasteiger partial charge >= 0.3 is 5.97 Å². The second-order valence-electron chi connectivity index (χ2n) is 6.97. The number of anilines is 1. The number of benzene rings is 1. The molecule has 0 heterocycles. The Hall–Kier alpha value is -2.11. The molecule has 23 heavy (non-hydrogen) atoms. The van der Waals surface area contributed by atoms with Crippen LogP contribution in [0.1, 0.15) is 63.2 Å². The highest BCUT2D eigenvalue weighted by atomic mass is 16.6. The van der Waals surface area contributed by atoms with E-state index in [9.17, 15) is 14.9 Å². The predicted octanol–water partition coefficient (Wildman–Crippen LogP) is 4.29. The van der Waals surface area contributed by atoms with Gasteiger partial charge in [0.1, 0.15) is 11.3 Å². The van der Waals surface area contributed by atoms with Crippen LogP contribution >= 0.6 is 0 Å². The molecule has 0 unspecified atom stereocenters. The van der Waals surface area contributed by atoms with E-state index in [1.807, 2.05) is 0 Å². The molecule has 0 aliphatic heterocycles. The van der Waals surface area contributed by atoms with Gasteiger partial charge in [-0.2, -0.15) is 0 Å². The maximum absolute atomic E-state index is 12.1. The highest BCUT2D eigenvalue weighted by molar-refractivity contribution is 5.91. The van der Waals surface area contributed by atoms with Gasteiger partial charge in [0.15, 0.2) is 0 Å². The van der Waals surface area contributed by atoms with Crippen molar-refractivity contribution in [1.29, 1.82) is 0 Å². The van der Waals surface area contributed by atoms with E-state index < -0.39 is 16.5 Å². The molecule has 6 nitrogen and oxygen atoms in total. The van der Waals surface area contributed by atoms with Gasteiger partial charge in [0.25, 0.3) is 5.69 Å². The summed E-state index contributed by atoms with van der Waals surface area (Å²) in [5.74, 6) is -0.551. The van der Waals surface area contributed by atoms with Gasteiger partial charge in [-0.25, -0.2) is 4.79 Å². The van der Waals surface area contributed by atoms with Crippen molar-refractivity contribution in [2.45, 2.75) is 64.5 Å². The summed E-state index contributed by atoms with van der Waals surface area (Å²) in [5.41, 5.74) is -0.0563. The second kappa shape index (κ2) is 6.98. The first-order valence-electron chi connectivity index (χ1n) is 8.04. The molecule has 1 fully saturated rings. The van der Waals surface area contributed by atoms with E-state index in [4.69, 9.17) is 4.74 Å². The van der Waals surface area contributed by atoms with Gasteiger partial charge in [0.05, 0.1) is 10.5 Å². The van der Waals surface area contributed by atoms with Crippen LogP contribution in [-0.4, -0.2) is 22.5 Å². The maximum Gasteiger partial charge on any atom is 0.338 e. The maximum atomic E-state index is 12.1. The van der Waals surface area contributed by atoms with E-state index in [1.165, 1.54) is 12.5 Å². The van der Waals surface area contributed by atoms with Crippen LogP contribution in [-0.2, 0) is 4.74 Å². The standard InChI is InChI=1S/C17H24N2O4/c1-17(2,3)23-16(20)12-9-10-14(15(11-12)19(21)22)18-13-7-5-4-6-8-13/h9-11,13,18H,4-8H2,1-3H3. The molecule has 0 bridgehead atoms. The Morgan fingerprint density at radius 2 is 1.91 bits per heavy atom. The van der Waals surface area contributed by atoms with Crippen molar-refractivity contribution in [3.8, 4) is 0 Å². The molecular formula is C17H24N2O4. The number of esters is 1. The van der Waals surface area contributed by atoms with Crippen molar-refractivity contribution in [3.05, 3.63) is 33.9 Å². The number of rotatable bonds is 4. The summed E-state index contributed by atoms with van der Waals surface area (Å²) in [6.45, 7) is 5.29. The minimum atomic E-state index is -0.634. The lowest BCUT2D eigenvalue weighted by Gasteiger charge is -2.24. The SMILES string of the molecule is CC(C)(C)OC(=O)c1ccc(NC2CCCCC2)c([N+](=O)[O-])c1. The van der Waals surface area contributed by atoms with Crippen molar-refractivity contribution in [2.75, 3.05) is 5.32 Å². The molecule has 1 aromatic carbocycles. The predicted molar refractivity (Wildman–Crippen MR) is 88.8 cm³/mol. The molecular weight excluding hydrogens is 296 g/mol. The lowest BCUT2D eigenvalue weighted by atomic mass is 9.95. The number of carbonyl (C=O) groups is 1. The van der Waals surface area contributed by atoms with Crippen LogP contribution in [0.15, 0.2) is 18.2 Å². The average molecular weight is 320 g/mol. The van der Waals surface area contributed by atoms with Crippen molar-refractivity contribution >= 4 is 17.3 Å². The number of carbonyl (C=O) groups excluding carboxylic acids is 1. The number of hydrogen-bond donors (Lipinski definition) is 1. The second-order valence-corrected chi connectivity index (χ2v) is 6.97. The van der Waals surface area contributed by atoms with Crippen molar-refractivity contribution in [3.63, 3.8) is 0 Å². The third kappa shape index (κ3) is 4.94. The largest absolute Gasteiger partial charge is 0.456 e. The zero-order chi connectivity index (χ0) is 17.0. The number of nitrogens with zero attached hydrogens (tertiary/aromatic N) is 1. The summed E-state index contributed by atoms with van der Waals surface area (Å²) < 4.78 is 5.27. The van der Waals surface area contributed by atoms with Gasteiger partial charge in [-0.1, -0.05) is 19.3 Å². The van der Waals surface area contributed by atoms with Gasteiger partial charge in [-0.3, -0.25) is 10.1 Å². The molecule has 1 saturated carbocycles. The molecule has 0 amide bonds. The molecule has 2 rings (SSSR count). The molecule has 1 aliphatic carbocycles. The van der Waals surface area contributed by atoms with Crippen molar-refractivity contribution < 1.29 is 14.5 Å². The first kappa shape index (κ1) is 17.2. The molecule has 0 saturated heterocycles. The number of ether oxygens (including phenoxy) is 1. The van der Waals surface area contributed by atoms with Gasteiger partial charge in [-0.05, 0) is 45.7 Å². The van der Waals surface area contributed by atoms with Crippen molar-refractivity contribution in [1.82, 2.24) is 0 Å².